The van der Waals surface area contributed by atoms with Crippen LogP contribution in [0.5, 0.6) is 5.75 Å². The van der Waals surface area contributed by atoms with E-state index in [1.54, 1.807) is 24.3 Å². The van der Waals surface area contributed by atoms with Gasteiger partial charge in [0.1, 0.15) is 5.75 Å². The molecule has 1 heterocycles. The number of nitrogens with one attached hydrogen (secondary N) is 1. The van der Waals surface area contributed by atoms with Gasteiger partial charge in [-0.05, 0) is 41.3 Å². The molecule has 0 amide bonds. The van der Waals surface area contributed by atoms with E-state index in [0.29, 0.717) is 11.4 Å². The highest BCUT2D eigenvalue weighted by molar-refractivity contribution is 7.92. The number of sulfonamides is 1. The van der Waals surface area contributed by atoms with Crippen molar-refractivity contribution in [2.24, 2.45) is 0 Å². The van der Waals surface area contributed by atoms with Crippen LogP contribution in [0.15, 0.2) is 52.0 Å². The summed E-state index contributed by atoms with van der Waals surface area (Å²) in [4.78, 5) is 0.0884. The van der Waals surface area contributed by atoms with Crippen LogP contribution in [-0.2, 0) is 10.0 Å². The molecule has 0 aliphatic carbocycles. The van der Waals surface area contributed by atoms with Gasteiger partial charge in [0.05, 0.1) is 12.0 Å². The van der Waals surface area contributed by atoms with Crippen molar-refractivity contribution in [2.45, 2.75) is 4.90 Å². The lowest BCUT2D eigenvalue weighted by molar-refractivity contribution is -0.782. The zero-order valence-corrected chi connectivity index (χ0v) is 12.2. The van der Waals surface area contributed by atoms with Gasteiger partial charge in [-0.1, -0.05) is 0 Å². The van der Waals surface area contributed by atoms with E-state index in [9.17, 15) is 13.6 Å². The van der Waals surface area contributed by atoms with E-state index in [1.807, 2.05) is 0 Å². The van der Waals surface area contributed by atoms with Gasteiger partial charge in [0.2, 0.25) is 11.0 Å². The first-order valence-corrected chi connectivity index (χ1v) is 7.64. The van der Waals surface area contributed by atoms with E-state index in [2.05, 4.69) is 14.5 Å². The Balaban J connectivity index is 1.94. The molecule has 3 rings (SSSR count). The van der Waals surface area contributed by atoms with Gasteiger partial charge < -0.3 is 9.94 Å². The number of aromatic nitrogens is 2. The Morgan fingerprint density at radius 2 is 1.95 bits per heavy atom. The Morgan fingerprint density at radius 3 is 2.64 bits per heavy atom. The highest BCUT2D eigenvalue weighted by Crippen LogP contribution is 2.21. The van der Waals surface area contributed by atoms with Gasteiger partial charge in [-0.2, -0.15) is 0 Å². The summed E-state index contributed by atoms with van der Waals surface area (Å²) in [6, 6.07) is 10.3. The van der Waals surface area contributed by atoms with Gasteiger partial charge in [0.15, 0.2) is 0 Å². The molecule has 0 bridgehead atoms. The Hall–Kier alpha value is -2.81. The van der Waals surface area contributed by atoms with Gasteiger partial charge >= 0.3 is 0 Å². The quantitative estimate of drug-likeness (QED) is 0.725. The third-order valence-corrected chi connectivity index (χ3v) is 4.39. The van der Waals surface area contributed by atoms with E-state index >= 15 is 0 Å². The molecule has 0 fully saturated rings. The second kappa shape index (κ2) is 5.19. The number of rotatable bonds is 4. The summed E-state index contributed by atoms with van der Waals surface area (Å²) in [5.41, 5.74) is 0.692. The molecule has 9 heteroatoms. The number of ether oxygens (including phenoxy) is 1. The molecule has 22 heavy (non-hydrogen) atoms. The summed E-state index contributed by atoms with van der Waals surface area (Å²) in [5, 5.41) is 14.8. The Kier molecular flexibility index (Phi) is 3.33. The molecule has 114 valence electrons. The van der Waals surface area contributed by atoms with E-state index in [-0.39, 0.29) is 20.8 Å². The van der Waals surface area contributed by atoms with Crippen LogP contribution in [0.2, 0.25) is 0 Å². The van der Waals surface area contributed by atoms with Crippen molar-refractivity contribution in [3.63, 3.8) is 0 Å². The molecule has 2 aromatic carbocycles. The average Bonchev–Trinajstić information content (AvgIpc) is 2.89. The van der Waals surface area contributed by atoms with Crippen LogP contribution in [0.4, 0.5) is 5.69 Å². The van der Waals surface area contributed by atoms with Crippen molar-refractivity contribution < 1.29 is 22.7 Å². The van der Waals surface area contributed by atoms with E-state index in [0.717, 1.165) is 0 Å². The maximum atomic E-state index is 12.3. The van der Waals surface area contributed by atoms with Crippen LogP contribution in [0.25, 0.3) is 11.0 Å². The number of hydrogen-bond acceptors (Lipinski definition) is 6. The van der Waals surface area contributed by atoms with Gasteiger partial charge in [0.25, 0.3) is 10.0 Å². The zero-order valence-electron chi connectivity index (χ0n) is 11.4. The fourth-order valence-electron chi connectivity index (χ4n) is 1.89. The molecule has 0 unspecified atom stereocenters. The number of methoxy groups -OCH3 is 1. The van der Waals surface area contributed by atoms with Crippen LogP contribution in [0.3, 0.4) is 0 Å². The lowest BCUT2D eigenvalue weighted by atomic mass is 10.3. The molecular weight excluding hydrogens is 310 g/mol. The molecule has 0 atom stereocenters. The lowest BCUT2D eigenvalue weighted by Gasteiger charge is -2.08. The van der Waals surface area contributed by atoms with Crippen LogP contribution in [0.1, 0.15) is 0 Å². The summed E-state index contributed by atoms with van der Waals surface area (Å²) in [7, 11) is -2.31. The number of fused-ring (bicyclic) bond motifs is 1. The maximum absolute atomic E-state index is 12.3. The van der Waals surface area contributed by atoms with Crippen LogP contribution in [-0.4, -0.2) is 20.7 Å². The van der Waals surface area contributed by atoms with Crippen LogP contribution < -0.4 is 14.4 Å². The first-order chi connectivity index (χ1) is 10.5. The van der Waals surface area contributed by atoms with Crippen molar-refractivity contribution in [2.75, 3.05) is 11.8 Å². The molecule has 0 saturated heterocycles. The highest BCUT2D eigenvalue weighted by Gasteiger charge is 2.18. The van der Waals surface area contributed by atoms with Gasteiger partial charge in [0, 0.05) is 16.9 Å². The Labute approximate surface area is 125 Å². The minimum absolute atomic E-state index is 0.0394. The molecule has 1 aromatic heterocycles. The number of benzene rings is 2. The largest absolute Gasteiger partial charge is 0.497 e. The van der Waals surface area contributed by atoms with E-state index in [1.165, 1.54) is 25.3 Å². The van der Waals surface area contributed by atoms with Crippen molar-refractivity contribution in [3.05, 3.63) is 47.7 Å². The zero-order chi connectivity index (χ0) is 15.7. The summed E-state index contributed by atoms with van der Waals surface area (Å²) < 4.78 is 36.5. The standard InChI is InChI=1S/C13H11N3O5S/c1-20-10-4-2-9(3-5-10)15-22(18,19)11-6-7-12-13(8-11)16(17)21-14-12/h2-8,15H,1H3. The average molecular weight is 321 g/mol. The molecule has 3 aromatic rings. The second-order valence-electron chi connectivity index (χ2n) is 4.41. The van der Waals surface area contributed by atoms with E-state index < -0.39 is 10.0 Å². The minimum Gasteiger partial charge on any atom is -0.497 e. The first-order valence-electron chi connectivity index (χ1n) is 6.16. The molecule has 0 radical (unpaired) electrons. The number of anilines is 1. The summed E-state index contributed by atoms with van der Waals surface area (Å²) in [6.07, 6.45) is 0. The highest BCUT2D eigenvalue weighted by atomic mass is 32.2. The molecular formula is C13H11N3O5S. The topological polar surface area (TPSA) is 108 Å². The van der Waals surface area contributed by atoms with Gasteiger partial charge in [-0.25, -0.2) is 8.42 Å². The third kappa shape index (κ3) is 2.53. The fourth-order valence-corrected chi connectivity index (χ4v) is 2.97. The lowest BCUT2D eigenvalue weighted by Crippen LogP contribution is -2.23. The Morgan fingerprint density at radius 1 is 1.23 bits per heavy atom. The monoisotopic (exact) mass is 321 g/mol. The SMILES string of the molecule is COc1ccc(NS(=O)(=O)c2ccc3no[n+]([O-])c3c2)cc1. The van der Waals surface area contributed by atoms with E-state index in [4.69, 9.17) is 4.74 Å². The fraction of sp³-hybridized carbons (Fsp3) is 0.0769. The van der Waals surface area contributed by atoms with Crippen LogP contribution in [0, 0.1) is 5.21 Å². The van der Waals surface area contributed by atoms with Crippen molar-refractivity contribution in [1.29, 1.82) is 0 Å². The predicted octanol–water partition coefficient (Wildman–Crippen LogP) is 1.27. The van der Waals surface area contributed by atoms with Crippen molar-refractivity contribution in [3.8, 4) is 5.75 Å². The maximum Gasteiger partial charge on any atom is 0.262 e. The number of nitrogens with zero attached hydrogens (tertiary/aromatic N) is 2. The van der Waals surface area contributed by atoms with Gasteiger partial charge in [-0.15, -0.1) is 0 Å². The van der Waals surface area contributed by atoms with Gasteiger partial charge in [-0.3, -0.25) is 9.35 Å². The molecule has 1 N–H and O–H groups in total. The first kappa shape index (κ1) is 14.1. The molecule has 8 nitrogen and oxygen atoms in total. The molecule has 0 saturated carbocycles. The smallest absolute Gasteiger partial charge is 0.262 e. The molecule has 0 spiro atoms. The Bertz CT molecular complexity index is 919. The normalized spacial score (nSPS) is 11.5. The second-order valence-corrected chi connectivity index (χ2v) is 6.10. The summed E-state index contributed by atoms with van der Waals surface area (Å²) in [6.45, 7) is 0. The number of hydrogen-bond donors (Lipinski definition) is 1. The van der Waals surface area contributed by atoms with Crippen molar-refractivity contribution >= 4 is 26.7 Å². The third-order valence-electron chi connectivity index (χ3n) is 3.01. The van der Waals surface area contributed by atoms with Crippen LogP contribution >= 0.6 is 0 Å². The molecule has 0 aliphatic rings. The molecule has 0 aliphatic heterocycles. The minimum atomic E-state index is -3.83. The summed E-state index contributed by atoms with van der Waals surface area (Å²) >= 11 is 0. The summed E-state index contributed by atoms with van der Waals surface area (Å²) in [5.74, 6) is 0.612. The predicted molar refractivity (Wildman–Crippen MR) is 76.8 cm³/mol. The van der Waals surface area contributed by atoms with Crippen molar-refractivity contribution in [1.82, 2.24) is 5.16 Å².